The fourth-order valence-electron chi connectivity index (χ4n) is 10.4. The predicted molar refractivity (Wildman–Crippen MR) is 265 cm³/mol. The number of hydrogen-bond acceptors (Lipinski definition) is 12. The number of amides is 1. The largest absolute Gasteiger partial charge is 0.380 e. The number of anilines is 2. The van der Waals surface area contributed by atoms with Gasteiger partial charge in [-0.05, 0) is 129 Å². The Morgan fingerprint density at radius 1 is 0.985 bits per heavy atom. The van der Waals surface area contributed by atoms with Gasteiger partial charge in [0.05, 0.1) is 39.4 Å². The molecule has 6 heterocycles. The van der Waals surface area contributed by atoms with E-state index in [0.29, 0.717) is 40.9 Å². The Kier molecular flexibility index (Phi) is 12.8. The molecule has 68 heavy (non-hydrogen) atoms. The molecule has 3 N–H and O–H groups in total. The third kappa shape index (κ3) is 9.72. The summed E-state index contributed by atoms with van der Waals surface area (Å²) in [7, 11) is -4.58. The van der Waals surface area contributed by atoms with Gasteiger partial charge in [0.2, 0.25) is 0 Å². The number of carbonyl (C=O) groups excluding carboxylic acids is 1. The highest BCUT2D eigenvalue weighted by Gasteiger charge is 2.32. The lowest BCUT2D eigenvalue weighted by Gasteiger charge is -2.39. The van der Waals surface area contributed by atoms with Crippen LogP contribution in [0.15, 0.2) is 95.7 Å². The molecule has 3 aliphatic heterocycles. The number of nitro benzene ring substituents is 1. The molecular weight excluding hydrogens is 904 g/mol. The van der Waals surface area contributed by atoms with E-state index in [0.717, 1.165) is 120 Å². The number of likely N-dealkylation sites (tertiary alicyclic amines) is 1. The minimum atomic E-state index is -4.58. The zero-order chi connectivity index (χ0) is 47.2. The molecule has 10 rings (SSSR count). The highest BCUT2D eigenvalue weighted by atomic mass is 35.5. The highest BCUT2D eigenvalue weighted by molar-refractivity contribution is 7.90. The summed E-state index contributed by atoms with van der Waals surface area (Å²) in [6.45, 7) is 12.6. The van der Waals surface area contributed by atoms with Crippen LogP contribution in [0.4, 0.5) is 17.1 Å². The van der Waals surface area contributed by atoms with E-state index in [9.17, 15) is 23.3 Å². The summed E-state index contributed by atoms with van der Waals surface area (Å²) in [5.41, 5.74) is 7.34. The van der Waals surface area contributed by atoms with Crippen molar-refractivity contribution in [3.05, 3.63) is 117 Å². The molecule has 0 radical (unpaired) electrons. The molecular formula is C50H57ClN10O6S. The summed E-state index contributed by atoms with van der Waals surface area (Å²) in [6, 6.07) is 21.5. The number of carbonyl (C=O) groups is 1. The number of pyridine rings is 1. The second-order valence-corrected chi connectivity index (χ2v) is 21.6. The Balaban J connectivity index is 0.875. The summed E-state index contributed by atoms with van der Waals surface area (Å²) < 4.78 is 37.3. The van der Waals surface area contributed by atoms with Crippen molar-refractivity contribution in [1.82, 2.24) is 34.3 Å². The van der Waals surface area contributed by atoms with E-state index in [1.165, 1.54) is 28.8 Å². The zero-order valence-corrected chi connectivity index (χ0v) is 40.0. The van der Waals surface area contributed by atoms with Gasteiger partial charge in [0.25, 0.3) is 21.6 Å². The molecule has 0 saturated carbocycles. The van der Waals surface area contributed by atoms with Gasteiger partial charge >= 0.3 is 0 Å². The van der Waals surface area contributed by atoms with E-state index in [1.807, 2.05) is 36.4 Å². The molecule has 3 fully saturated rings. The number of nitro groups is 1. The maximum Gasteiger partial charge on any atom is 0.293 e. The lowest BCUT2D eigenvalue weighted by atomic mass is 9.72. The van der Waals surface area contributed by atoms with Gasteiger partial charge in [0, 0.05) is 80.3 Å². The third-order valence-corrected chi connectivity index (χ3v) is 16.0. The van der Waals surface area contributed by atoms with Crippen LogP contribution in [0, 0.1) is 21.4 Å². The van der Waals surface area contributed by atoms with E-state index in [1.54, 1.807) is 23.1 Å². The Hall–Kier alpha value is -5.85. The maximum absolute atomic E-state index is 14.3. The Labute approximate surface area is 400 Å². The van der Waals surface area contributed by atoms with Crippen LogP contribution in [0.25, 0.3) is 33.3 Å². The smallest absolute Gasteiger partial charge is 0.293 e. The van der Waals surface area contributed by atoms with E-state index in [4.69, 9.17) is 21.3 Å². The average Bonchev–Trinajstić information content (AvgIpc) is 4.13. The van der Waals surface area contributed by atoms with Crippen LogP contribution in [0.1, 0.15) is 68.3 Å². The van der Waals surface area contributed by atoms with Crippen molar-refractivity contribution in [2.24, 2.45) is 11.3 Å². The van der Waals surface area contributed by atoms with E-state index in [2.05, 4.69) is 60.8 Å². The minimum absolute atomic E-state index is 0.0521. The lowest BCUT2D eigenvalue weighted by Crippen LogP contribution is -2.47. The number of ether oxygens (including phenoxy) is 1. The first kappa shape index (κ1) is 45.9. The molecule has 3 aromatic carbocycles. The molecule has 16 nitrogen and oxygen atoms in total. The number of rotatable bonds is 13. The highest BCUT2D eigenvalue weighted by Crippen LogP contribution is 2.43. The van der Waals surface area contributed by atoms with Gasteiger partial charge in [-0.25, -0.2) is 22.8 Å². The van der Waals surface area contributed by atoms with Crippen molar-refractivity contribution in [3.63, 3.8) is 0 Å². The van der Waals surface area contributed by atoms with Crippen LogP contribution in [0.3, 0.4) is 0 Å². The molecule has 1 amide bonds. The van der Waals surface area contributed by atoms with Gasteiger partial charge in [-0.2, -0.15) is 5.10 Å². The first-order valence-corrected chi connectivity index (χ1v) is 25.4. The molecule has 1 atom stereocenters. The number of piperazine rings is 1. The standard InChI is InChI=1S/C50H57ClN10O6S/c1-50(2)16-11-36(42(28-50)34-3-5-37(51)6-4-34)31-57-20-22-59(23-21-57)38-7-9-41(45(26-38)60-46-25-35-12-17-52-48(35)55-44(46)30-54-60)49(62)56-68(65,66)40-8-10-43(47(27-40)61(63)64)53-29-33-13-18-58(19-14-33)39-15-24-67-32-39/h3-10,12,17,25-27,30,33,39,53H,11,13-16,18-24,28-29,31-32H2,1-2H3,(H,52,55)(H,56,62). The summed E-state index contributed by atoms with van der Waals surface area (Å²) in [5.74, 6) is -0.596. The molecule has 356 valence electrons. The van der Waals surface area contributed by atoms with Crippen molar-refractivity contribution in [1.29, 1.82) is 0 Å². The summed E-state index contributed by atoms with van der Waals surface area (Å²) in [6.07, 6.45) is 9.54. The Bertz CT molecular complexity index is 3000. The number of fused-ring (bicyclic) bond motifs is 2. The average molecular weight is 962 g/mol. The fraction of sp³-hybridized carbons (Fsp3) is 0.420. The first-order chi connectivity index (χ1) is 32.8. The zero-order valence-electron chi connectivity index (χ0n) is 38.4. The van der Waals surface area contributed by atoms with Crippen LogP contribution >= 0.6 is 11.6 Å². The number of allylic oxidation sites excluding steroid dienone is 1. The SMILES string of the molecule is CC1(C)CCC(CN2CCN(c3ccc(C(=O)NS(=O)(=O)c4ccc(NCC5CCN(C6CCOC6)CC5)c([N+](=O)[O-])c4)c(-n4ncc5nc6[nH]ccc6cc54)c3)CC2)=C(c2ccc(Cl)cc2)C1. The van der Waals surface area contributed by atoms with Crippen molar-refractivity contribution in [2.75, 3.05) is 75.8 Å². The lowest BCUT2D eigenvalue weighted by molar-refractivity contribution is -0.384. The molecule has 4 aliphatic rings. The number of nitrogens with one attached hydrogen (secondary N) is 3. The molecule has 1 unspecified atom stereocenters. The van der Waals surface area contributed by atoms with E-state index >= 15 is 0 Å². The van der Waals surface area contributed by atoms with Crippen molar-refractivity contribution in [2.45, 2.75) is 63.3 Å². The van der Waals surface area contributed by atoms with Crippen LogP contribution in [-0.4, -0.2) is 120 Å². The number of sulfonamides is 1. The number of aromatic nitrogens is 4. The molecule has 1 aliphatic carbocycles. The normalized spacial score (nSPS) is 19.8. The predicted octanol–water partition coefficient (Wildman–Crippen LogP) is 8.28. The number of H-pyrrole nitrogens is 1. The van der Waals surface area contributed by atoms with Gasteiger partial charge in [0.15, 0.2) is 0 Å². The van der Waals surface area contributed by atoms with E-state index in [-0.39, 0.29) is 22.4 Å². The molecule has 0 spiro atoms. The Morgan fingerprint density at radius 3 is 2.53 bits per heavy atom. The van der Waals surface area contributed by atoms with Gasteiger partial charge in [-0.3, -0.25) is 24.7 Å². The monoisotopic (exact) mass is 960 g/mol. The summed E-state index contributed by atoms with van der Waals surface area (Å²) >= 11 is 6.27. The summed E-state index contributed by atoms with van der Waals surface area (Å²) in [4.78, 5) is 40.7. The van der Waals surface area contributed by atoms with Gasteiger partial charge < -0.3 is 19.9 Å². The van der Waals surface area contributed by atoms with Gasteiger partial charge in [-0.1, -0.05) is 43.2 Å². The first-order valence-electron chi connectivity index (χ1n) is 23.6. The second-order valence-electron chi connectivity index (χ2n) is 19.5. The second kappa shape index (κ2) is 18.9. The van der Waals surface area contributed by atoms with Gasteiger partial charge in [-0.15, -0.1) is 0 Å². The van der Waals surface area contributed by atoms with Crippen LogP contribution in [0.5, 0.6) is 0 Å². The number of aromatic amines is 1. The number of piperidine rings is 1. The fourth-order valence-corrected chi connectivity index (χ4v) is 11.5. The number of benzene rings is 3. The minimum Gasteiger partial charge on any atom is -0.380 e. The molecule has 3 saturated heterocycles. The van der Waals surface area contributed by atoms with Crippen molar-refractivity contribution >= 4 is 72.2 Å². The third-order valence-electron chi connectivity index (χ3n) is 14.4. The topological polar surface area (TPSA) is 184 Å². The van der Waals surface area contributed by atoms with E-state index < -0.39 is 25.7 Å². The van der Waals surface area contributed by atoms with Gasteiger partial charge in [0.1, 0.15) is 16.9 Å². The number of nitrogens with zero attached hydrogens (tertiary/aromatic N) is 7. The molecule has 18 heteroatoms. The molecule has 0 bridgehead atoms. The Morgan fingerprint density at radius 2 is 1.78 bits per heavy atom. The maximum atomic E-state index is 14.3. The number of halogens is 1. The number of hydrogen-bond donors (Lipinski definition) is 3. The van der Waals surface area contributed by atoms with Crippen LogP contribution in [0.2, 0.25) is 5.02 Å². The molecule has 6 aromatic rings. The quantitative estimate of drug-likeness (QED) is 0.0745. The van der Waals surface area contributed by atoms with Crippen LogP contribution < -0.4 is 14.9 Å². The van der Waals surface area contributed by atoms with Crippen molar-refractivity contribution in [3.8, 4) is 5.69 Å². The van der Waals surface area contributed by atoms with Crippen LogP contribution in [-0.2, 0) is 14.8 Å². The summed E-state index contributed by atoms with van der Waals surface area (Å²) in [5, 5.41) is 21.8. The molecule has 3 aromatic heterocycles. The van der Waals surface area contributed by atoms with Crippen molar-refractivity contribution < 1.29 is 22.9 Å².